The lowest BCUT2D eigenvalue weighted by Gasteiger charge is -2.23. The van der Waals surface area contributed by atoms with Gasteiger partial charge in [-0.2, -0.15) is 0 Å². The maximum Gasteiger partial charge on any atom is 0.222 e. The van der Waals surface area contributed by atoms with E-state index in [1.54, 1.807) is 18.9 Å². The van der Waals surface area contributed by atoms with Crippen molar-refractivity contribution in [3.05, 3.63) is 54.1 Å². The van der Waals surface area contributed by atoms with E-state index in [1.807, 2.05) is 30.0 Å². The number of benzene rings is 2. The molecule has 5 heteroatoms. The summed E-state index contributed by atoms with van der Waals surface area (Å²) in [5.41, 5.74) is 3.98. The van der Waals surface area contributed by atoms with E-state index in [9.17, 15) is 4.79 Å². The van der Waals surface area contributed by atoms with Crippen molar-refractivity contribution in [3.63, 3.8) is 0 Å². The minimum absolute atomic E-state index is 0.210. The fourth-order valence-electron chi connectivity index (χ4n) is 3.65. The number of pyridine rings is 1. The fraction of sp³-hybridized carbons (Fsp3) is 0.333. The van der Waals surface area contributed by atoms with E-state index in [-0.39, 0.29) is 5.91 Å². The highest BCUT2D eigenvalue weighted by atomic mass is 32.2. The Morgan fingerprint density at radius 1 is 1.21 bits per heavy atom. The number of ether oxygens (including phenoxy) is 1. The smallest absolute Gasteiger partial charge is 0.222 e. The Morgan fingerprint density at radius 3 is 2.72 bits per heavy atom. The van der Waals surface area contributed by atoms with Crippen molar-refractivity contribution in [3.8, 4) is 17.0 Å². The van der Waals surface area contributed by atoms with Crippen molar-refractivity contribution in [2.24, 2.45) is 0 Å². The quantitative estimate of drug-likeness (QED) is 0.484. The third-order valence-electron chi connectivity index (χ3n) is 5.40. The van der Waals surface area contributed by atoms with Crippen LogP contribution in [0.4, 0.5) is 0 Å². The van der Waals surface area contributed by atoms with Crippen LogP contribution in [-0.4, -0.2) is 35.2 Å². The Bertz CT molecular complexity index is 1050. The molecule has 0 bridgehead atoms. The number of aromatic nitrogens is 1. The van der Waals surface area contributed by atoms with Crippen LogP contribution in [0.1, 0.15) is 31.7 Å². The molecule has 0 radical (unpaired) electrons. The van der Waals surface area contributed by atoms with Gasteiger partial charge in [0.2, 0.25) is 5.91 Å². The number of rotatable bonds is 7. The van der Waals surface area contributed by atoms with E-state index >= 15 is 0 Å². The van der Waals surface area contributed by atoms with E-state index in [2.05, 4.69) is 36.6 Å². The molecule has 0 unspecified atom stereocenters. The highest BCUT2D eigenvalue weighted by Crippen LogP contribution is 2.34. The molecule has 1 heterocycles. The number of carbonyl (C=O) groups is 1. The monoisotopic (exact) mass is 406 g/mol. The van der Waals surface area contributed by atoms with Crippen molar-refractivity contribution in [1.82, 2.24) is 9.88 Å². The Kier molecular flexibility index (Phi) is 5.76. The van der Waals surface area contributed by atoms with Gasteiger partial charge < -0.3 is 9.64 Å². The molecule has 2 aromatic carbocycles. The first kappa shape index (κ1) is 19.8. The second-order valence-electron chi connectivity index (χ2n) is 7.39. The van der Waals surface area contributed by atoms with Gasteiger partial charge in [-0.15, -0.1) is 11.8 Å². The van der Waals surface area contributed by atoms with Gasteiger partial charge in [-0.1, -0.05) is 25.1 Å². The van der Waals surface area contributed by atoms with E-state index in [0.29, 0.717) is 19.0 Å². The minimum Gasteiger partial charge on any atom is -0.497 e. The number of fused-ring (bicyclic) bond motifs is 1. The van der Waals surface area contributed by atoms with Gasteiger partial charge in [-0.3, -0.25) is 4.79 Å². The molecule has 1 aliphatic carbocycles. The van der Waals surface area contributed by atoms with Gasteiger partial charge in [0, 0.05) is 34.9 Å². The van der Waals surface area contributed by atoms with Crippen LogP contribution < -0.4 is 4.74 Å². The Hall–Kier alpha value is -2.53. The average molecular weight is 407 g/mol. The third-order valence-corrected chi connectivity index (χ3v) is 6.12. The molecule has 0 saturated heterocycles. The molecule has 1 amide bonds. The first-order chi connectivity index (χ1) is 14.1. The lowest BCUT2D eigenvalue weighted by atomic mass is 10.0. The van der Waals surface area contributed by atoms with Crippen LogP contribution in [-0.2, 0) is 11.3 Å². The zero-order valence-electron chi connectivity index (χ0n) is 17.1. The predicted octanol–water partition coefficient (Wildman–Crippen LogP) is 5.53. The fourth-order valence-corrected chi connectivity index (χ4v) is 4.09. The van der Waals surface area contributed by atoms with Crippen molar-refractivity contribution < 1.29 is 9.53 Å². The van der Waals surface area contributed by atoms with Crippen LogP contribution in [0.25, 0.3) is 22.2 Å². The molecule has 3 aromatic rings. The number of thioether (sulfide) groups is 1. The van der Waals surface area contributed by atoms with Gasteiger partial charge in [-0.25, -0.2) is 4.98 Å². The summed E-state index contributed by atoms with van der Waals surface area (Å²) >= 11 is 1.71. The van der Waals surface area contributed by atoms with Crippen molar-refractivity contribution >= 4 is 28.6 Å². The molecular weight excluding hydrogens is 380 g/mol. The van der Waals surface area contributed by atoms with Gasteiger partial charge in [0.05, 0.1) is 18.3 Å². The van der Waals surface area contributed by atoms with E-state index in [1.165, 1.54) is 4.90 Å². The maximum absolute atomic E-state index is 12.6. The van der Waals surface area contributed by atoms with Gasteiger partial charge in [0.15, 0.2) is 0 Å². The molecule has 29 heavy (non-hydrogen) atoms. The van der Waals surface area contributed by atoms with E-state index in [0.717, 1.165) is 46.3 Å². The Balaban J connectivity index is 1.84. The molecule has 1 fully saturated rings. The molecule has 1 aromatic heterocycles. The van der Waals surface area contributed by atoms with Crippen molar-refractivity contribution in [2.45, 2.75) is 43.7 Å². The highest BCUT2D eigenvalue weighted by molar-refractivity contribution is 7.98. The summed E-state index contributed by atoms with van der Waals surface area (Å²) in [7, 11) is 1.67. The second-order valence-corrected chi connectivity index (χ2v) is 8.27. The zero-order valence-corrected chi connectivity index (χ0v) is 18.0. The van der Waals surface area contributed by atoms with Crippen LogP contribution in [0, 0.1) is 0 Å². The lowest BCUT2D eigenvalue weighted by molar-refractivity contribution is -0.132. The van der Waals surface area contributed by atoms with Gasteiger partial charge in [0.1, 0.15) is 5.75 Å². The molecular formula is C24H26N2O2S. The van der Waals surface area contributed by atoms with Crippen LogP contribution in [0.5, 0.6) is 5.75 Å². The standard InChI is InChI=1S/C24H26N2O2S/c1-4-23(27)26(19-9-10-19)15-18-12-16-8-11-21(29-3)14-22(16)25-24(18)17-6-5-7-20(13-17)28-2/h5-8,11-14,19H,4,9-10,15H2,1-3H3. The first-order valence-electron chi connectivity index (χ1n) is 10.0. The predicted molar refractivity (Wildman–Crippen MR) is 119 cm³/mol. The van der Waals surface area contributed by atoms with Gasteiger partial charge >= 0.3 is 0 Å². The van der Waals surface area contributed by atoms with Gasteiger partial charge in [-0.05, 0) is 55.0 Å². The molecule has 0 atom stereocenters. The molecule has 0 aliphatic heterocycles. The van der Waals surface area contributed by atoms with Crippen molar-refractivity contribution in [2.75, 3.05) is 13.4 Å². The summed E-state index contributed by atoms with van der Waals surface area (Å²) in [6.07, 6.45) is 4.79. The first-order valence-corrected chi connectivity index (χ1v) is 11.3. The molecule has 0 N–H and O–H groups in total. The van der Waals surface area contributed by atoms with Crippen LogP contribution in [0.15, 0.2) is 53.4 Å². The van der Waals surface area contributed by atoms with E-state index < -0.39 is 0 Å². The highest BCUT2D eigenvalue weighted by Gasteiger charge is 2.32. The third kappa shape index (κ3) is 4.25. The zero-order chi connectivity index (χ0) is 20.4. The largest absolute Gasteiger partial charge is 0.497 e. The van der Waals surface area contributed by atoms with Crippen LogP contribution >= 0.6 is 11.8 Å². The number of carbonyl (C=O) groups excluding carboxylic acids is 1. The summed E-state index contributed by atoms with van der Waals surface area (Å²) in [5.74, 6) is 1.01. The number of hydrogen-bond donors (Lipinski definition) is 0. The maximum atomic E-state index is 12.6. The average Bonchev–Trinajstić information content (AvgIpc) is 3.61. The minimum atomic E-state index is 0.210. The lowest BCUT2D eigenvalue weighted by Crippen LogP contribution is -2.32. The molecule has 4 nitrogen and oxygen atoms in total. The molecule has 150 valence electrons. The molecule has 4 rings (SSSR count). The summed E-state index contributed by atoms with van der Waals surface area (Å²) in [4.78, 5) is 20.8. The summed E-state index contributed by atoms with van der Waals surface area (Å²) in [5, 5.41) is 1.10. The second kappa shape index (κ2) is 8.46. The number of methoxy groups -OCH3 is 1. The Morgan fingerprint density at radius 2 is 2.03 bits per heavy atom. The number of hydrogen-bond acceptors (Lipinski definition) is 4. The van der Waals surface area contributed by atoms with Crippen LogP contribution in [0.3, 0.4) is 0 Å². The number of nitrogens with zero attached hydrogens (tertiary/aromatic N) is 2. The summed E-state index contributed by atoms with van der Waals surface area (Å²) < 4.78 is 5.43. The van der Waals surface area contributed by atoms with Gasteiger partial charge in [0.25, 0.3) is 0 Å². The topological polar surface area (TPSA) is 42.4 Å². The molecule has 1 saturated carbocycles. The normalized spacial score (nSPS) is 13.5. The number of amides is 1. The molecule has 0 spiro atoms. The van der Waals surface area contributed by atoms with E-state index in [4.69, 9.17) is 9.72 Å². The van der Waals surface area contributed by atoms with Crippen molar-refractivity contribution in [1.29, 1.82) is 0 Å². The Labute approximate surface area is 176 Å². The van der Waals surface area contributed by atoms with Crippen LogP contribution in [0.2, 0.25) is 0 Å². The molecule has 1 aliphatic rings. The summed E-state index contributed by atoms with van der Waals surface area (Å²) in [6.45, 7) is 2.53. The summed E-state index contributed by atoms with van der Waals surface area (Å²) in [6, 6.07) is 16.9. The SMILES string of the molecule is CCC(=O)N(Cc1cc2ccc(SC)cc2nc1-c1cccc(OC)c1)C1CC1.